The smallest absolute Gasteiger partial charge is 0.165 e. The summed E-state index contributed by atoms with van der Waals surface area (Å²) in [5.74, 6) is 1.58. The molecule has 0 aliphatic carbocycles. The maximum Gasteiger partial charge on any atom is 0.165 e. The van der Waals surface area contributed by atoms with Gasteiger partial charge >= 0.3 is 0 Å². The standard InChI is InChI=1S/C10H15NO2.ClH/c1-11-7-8-5-4-6-9(12-2)10(8)13-3;/h4-6,11H,7H2,1-3H3;1H/p-1. The average Bonchev–Trinajstić information content (AvgIpc) is 2.18. The third-order valence-corrected chi connectivity index (χ3v) is 1.85. The maximum atomic E-state index is 5.25. The first-order chi connectivity index (χ1) is 6.33. The number of benzene rings is 1. The van der Waals surface area contributed by atoms with E-state index in [-0.39, 0.29) is 12.4 Å². The molecule has 4 heteroatoms. The first-order valence-corrected chi connectivity index (χ1v) is 4.18. The van der Waals surface area contributed by atoms with Crippen LogP contribution in [-0.4, -0.2) is 21.3 Å². The van der Waals surface area contributed by atoms with E-state index in [0.717, 1.165) is 23.6 Å². The number of rotatable bonds is 4. The van der Waals surface area contributed by atoms with Gasteiger partial charge in [-0.3, -0.25) is 0 Å². The molecule has 0 aliphatic rings. The van der Waals surface area contributed by atoms with Gasteiger partial charge < -0.3 is 27.2 Å². The summed E-state index contributed by atoms with van der Waals surface area (Å²) in [6.45, 7) is 0.778. The molecule has 0 unspecified atom stereocenters. The quantitative estimate of drug-likeness (QED) is 0.660. The van der Waals surface area contributed by atoms with E-state index in [0.29, 0.717) is 0 Å². The van der Waals surface area contributed by atoms with Crippen LogP contribution in [0.3, 0.4) is 0 Å². The third kappa shape index (κ3) is 2.79. The van der Waals surface area contributed by atoms with Crippen molar-refractivity contribution in [3.63, 3.8) is 0 Å². The fourth-order valence-corrected chi connectivity index (χ4v) is 1.28. The molecule has 0 saturated heterocycles. The number of hydrogen-bond donors (Lipinski definition) is 1. The van der Waals surface area contributed by atoms with Crippen LogP contribution in [-0.2, 0) is 6.54 Å². The van der Waals surface area contributed by atoms with E-state index < -0.39 is 0 Å². The second-order valence-corrected chi connectivity index (χ2v) is 2.68. The van der Waals surface area contributed by atoms with Crippen LogP contribution in [0.2, 0.25) is 0 Å². The summed E-state index contributed by atoms with van der Waals surface area (Å²) in [4.78, 5) is 0. The average molecular weight is 217 g/mol. The van der Waals surface area contributed by atoms with E-state index >= 15 is 0 Å². The van der Waals surface area contributed by atoms with Gasteiger partial charge in [-0.25, -0.2) is 0 Å². The van der Waals surface area contributed by atoms with Crippen molar-refractivity contribution in [3.05, 3.63) is 23.8 Å². The highest BCUT2D eigenvalue weighted by Gasteiger charge is 2.07. The minimum absolute atomic E-state index is 0. The minimum Gasteiger partial charge on any atom is -1.00 e. The van der Waals surface area contributed by atoms with Gasteiger partial charge in [0.2, 0.25) is 0 Å². The monoisotopic (exact) mass is 216 g/mol. The summed E-state index contributed by atoms with van der Waals surface area (Å²) in [7, 11) is 5.19. The SMILES string of the molecule is CNCc1cccc(OC)c1OC.[Cl-]. The molecule has 0 aromatic heterocycles. The van der Waals surface area contributed by atoms with Crippen molar-refractivity contribution < 1.29 is 21.9 Å². The largest absolute Gasteiger partial charge is 1.00 e. The molecule has 14 heavy (non-hydrogen) atoms. The van der Waals surface area contributed by atoms with Gasteiger partial charge in [-0.1, -0.05) is 12.1 Å². The van der Waals surface area contributed by atoms with Gasteiger partial charge in [0.05, 0.1) is 14.2 Å². The predicted octanol–water partition coefficient (Wildman–Crippen LogP) is -1.57. The van der Waals surface area contributed by atoms with Gasteiger partial charge in [0.25, 0.3) is 0 Å². The lowest BCUT2D eigenvalue weighted by molar-refractivity contribution is -0.00000328. The Morgan fingerprint density at radius 3 is 2.43 bits per heavy atom. The summed E-state index contributed by atoms with van der Waals surface area (Å²) in [6.07, 6.45) is 0. The molecule has 3 nitrogen and oxygen atoms in total. The van der Waals surface area contributed by atoms with Crippen molar-refractivity contribution in [1.82, 2.24) is 5.32 Å². The van der Waals surface area contributed by atoms with E-state index in [4.69, 9.17) is 9.47 Å². The number of hydrogen-bond acceptors (Lipinski definition) is 3. The highest BCUT2D eigenvalue weighted by molar-refractivity contribution is 5.46. The Bertz CT molecular complexity index is 279. The first kappa shape index (κ1) is 13.1. The van der Waals surface area contributed by atoms with Crippen LogP contribution in [0, 0.1) is 0 Å². The van der Waals surface area contributed by atoms with Crippen LogP contribution in [0.1, 0.15) is 5.56 Å². The number of para-hydroxylation sites is 1. The molecule has 1 rings (SSSR count). The summed E-state index contributed by atoms with van der Waals surface area (Å²) in [6, 6.07) is 5.85. The zero-order chi connectivity index (χ0) is 9.68. The fourth-order valence-electron chi connectivity index (χ4n) is 1.28. The lowest BCUT2D eigenvalue weighted by Crippen LogP contribution is -3.00. The van der Waals surface area contributed by atoms with E-state index in [2.05, 4.69) is 5.32 Å². The number of methoxy groups -OCH3 is 2. The second-order valence-electron chi connectivity index (χ2n) is 2.68. The van der Waals surface area contributed by atoms with E-state index in [1.807, 2.05) is 25.2 Å². The van der Waals surface area contributed by atoms with Gasteiger partial charge in [-0.15, -0.1) is 0 Å². The van der Waals surface area contributed by atoms with Gasteiger partial charge in [0, 0.05) is 12.1 Å². The Hall–Kier alpha value is -0.930. The summed E-state index contributed by atoms with van der Waals surface area (Å²) >= 11 is 0. The summed E-state index contributed by atoms with van der Waals surface area (Å²) in [5, 5.41) is 3.07. The van der Waals surface area contributed by atoms with Gasteiger partial charge in [0.15, 0.2) is 11.5 Å². The molecule has 0 spiro atoms. The molecule has 0 atom stereocenters. The molecular weight excluding hydrogens is 202 g/mol. The van der Waals surface area contributed by atoms with Crippen LogP contribution in [0.25, 0.3) is 0 Å². The molecule has 1 N–H and O–H groups in total. The Kier molecular flexibility index (Phi) is 6.08. The predicted molar refractivity (Wildman–Crippen MR) is 52.3 cm³/mol. The molecule has 0 amide bonds. The molecule has 0 aliphatic heterocycles. The normalized spacial score (nSPS) is 9.07. The second kappa shape index (κ2) is 6.51. The lowest BCUT2D eigenvalue weighted by Gasteiger charge is -2.11. The topological polar surface area (TPSA) is 30.5 Å². The minimum atomic E-state index is 0. The summed E-state index contributed by atoms with van der Waals surface area (Å²) < 4.78 is 10.4. The Morgan fingerprint density at radius 1 is 1.21 bits per heavy atom. The number of halogens is 1. The zero-order valence-electron chi connectivity index (χ0n) is 8.63. The van der Waals surface area contributed by atoms with Crippen molar-refractivity contribution in [1.29, 1.82) is 0 Å². The molecule has 0 fully saturated rings. The molecule has 0 bridgehead atoms. The van der Waals surface area contributed by atoms with Crippen LogP contribution in [0.5, 0.6) is 11.5 Å². The molecule has 80 valence electrons. The van der Waals surface area contributed by atoms with Crippen LogP contribution < -0.4 is 27.2 Å². The maximum absolute atomic E-state index is 5.25. The molecule has 0 radical (unpaired) electrons. The highest BCUT2D eigenvalue weighted by Crippen LogP contribution is 2.30. The van der Waals surface area contributed by atoms with Crippen molar-refractivity contribution in [2.75, 3.05) is 21.3 Å². The zero-order valence-corrected chi connectivity index (χ0v) is 9.39. The number of nitrogens with one attached hydrogen (secondary N) is 1. The molecular formula is C10H15ClNO2-. The number of ether oxygens (including phenoxy) is 2. The lowest BCUT2D eigenvalue weighted by atomic mass is 10.2. The van der Waals surface area contributed by atoms with Crippen LogP contribution >= 0.6 is 0 Å². The summed E-state index contributed by atoms with van der Waals surface area (Å²) in [5.41, 5.74) is 1.10. The van der Waals surface area contributed by atoms with Crippen molar-refractivity contribution in [3.8, 4) is 11.5 Å². The van der Waals surface area contributed by atoms with Gasteiger partial charge in [0.1, 0.15) is 0 Å². The van der Waals surface area contributed by atoms with E-state index in [1.54, 1.807) is 14.2 Å². The Morgan fingerprint density at radius 2 is 1.93 bits per heavy atom. The third-order valence-electron chi connectivity index (χ3n) is 1.85. The highest BCUT2D eigenvalue weighted by atomic mass is 35.5. The Balaban J connectivity index is 0.00000169. The van der Waals surface area contributed by atoms with E-state index in [1.165, 1.54) is 0 Å². The fraction of sp³-hybridized carbons (Fsp3) is 0.400. The molecule has 0 saturated carbocycles. The molecule has 1 aromatic rings. The van der Waals surface area contributed by atoms with E-state index in [9.17, 15) is 0 Å². The van der Waals surface area contributed by atoms with Crippen molar-refractivity contribution >= 4 is 0 Å². The van der Waals surface area contributed by atoms with Gasteiger partial charge in [-0.05, 0) is 13.1 Å². The van der Waals surface area contributed by atoms with Crippen molar-refractivity contribution in [2.24, 2.45) is 0 Å². The van der Waals surface area contributed by atoms with Crippen LogP contribution in [0.4, 0.5) is 0 Å². The molecule has 0 heterocycles. The Labute approximate surface area is 90.8 Å². The molecule has 1 aromatic carbocycles. The van der Waals surface area contributed by atoms with Gasteiger partial charge in [-0.2, -0.15) is 0 Å². The van der Waals surface area contributed by atoms with Crippen LogP contribution in [0.15, 0.2) is 18.2 Å². The first-order valence-electron chi connectivity index (χ1n) is 4.18. The van der Waals surface area contributed by atoms with Crippen molar-refractivity contribution in [2.45, 2.75) is 6.54 Å².